The molecule has 0 fully saturated rings. The fraction of sp³-hybridized carbons (Fsp3) is 0.300. The Balaban J connectivity index is 1.77. The lowest BCUT2D eigenvalue weighted by Gasteiger charge is -2.19. The SMILES string of the molecule is CCS(=O)(=O)C(Cc1cccc(-c2cc(CC(C)S(C)(=O)=O)cc3cccnc23)c1)c1ccc(S(C)(=O)=O)cc1. The highest BCUT2D eigenvalue weighted by Crippen LogP contribution is 2.33. The molecule has 0 spiro atoms. The molecule has 0 saturated heterocycles. The standard InChI is InChI=1S/C30H33NO6S3/c1-5-40(36,37)29(24-11-13-27(14-12-24)39(4,34)35)20-22-8-6-9-25(17-22)28-19-23(16-21(2)38(3,32)33)18-26-10-7-15-31-30(26)28/h6-15,17-19,21,29H,5,16,20H2,1-4H3. The zero-order chi connectivity index (χ0) is 29.3. The number of aromatic nitrogens is 1. The maximum absolute atomic E-state index is 13.2. The molecule has 4 aromatic rings. The van der Waals surface area contributed by atoms with Crippen molar-refractivity contribution in [1.82, 2.24) is 4.98 Å². The van der Waals surface area contributed by atoms with E-state index in [1.165, 1.54) is 18.4 Å². The van der Waals surface area contributed by atoms with Crippen molar-refractivity contribution in [3.05, 3.63) is 95.7 Å². The third kappa shape index (κ3) is 6.79. The van der Waals surface area contributed by atoms with E-state index >= 15 is 0 Å². The summed E-state index contributed by atoms with van der Waals surface area (Å²) in [5.41, 5.74) is 4.65. The molecule has 40 heavy (non-hydrogen) atoms. The third-order valence-electron chi connectivity index (χ3n) is 7.19. The summed E-state index contributed by atoms with van der Waals surface area (Å²) in [5, 5.41) is -0.508. The van der Waals surface area contributed by atoms with Crippen molar-refractivity contribution < 1.29 is 25.3 Å². The van der Waals surface area contributed by atoms with Crippen LogP contribution < -0.4 is 0 Å². The first-order valence-electron chi connectivity index (χ1n) is 12.9. The Morgan fingerprint density at radius 3 is 2.10 bits per heavy atom. The van der Waals surface area contributed by atoms with Crippen LogP contribution in [0.15, 0.2) is 83.9 Å². The second-order valence-electron chi connectivity index (χ2n) is 10.2. The molecule has 7 nitrogen and oxygen atoms in total. The molecule has 0 bridgehead atoms. The smallest absolute Gasteiger partial charge is 0.175 e. The number of pyridine rings is 1. The molecule has 0 aliphatic rings. The van der Waals surface area contributed by atoms with Crippen LogP contribution in [0.25, 0.3) is 22.0 Å². The largest absolute Gasteiger partial charge is 0.256 e. The summed E-state index contributed by atoms with van der Waals surface area (Å²) in [6.45, 7) is 3.30. The Bertz CT molecular complexity index is 1860. The van der Waals surface area contributed by atoms with Gasteiger partial charge < -0.3 is 0 Å². The topological polar surface area (TPSA) is 115 Å². The van der Waals surface area contributed by atoms with Gasteiger partial charge in [-0.2, -0.15) is 0 Å². The minimum Gasteiger partial charge on any atom is -0.256 e. The number of hydrogen-bond donors (Lipinski definition) is 0. The summed E-state index contributed by atoms with van der Waals surface area (Å²) >= 11 is 0. The second kappa shape index (κ2) is 11.4. The minimum absolute atomic E-state index is 0.0552. The van der Waals surface area contributed by atoms with Gasteiger partial charge in [0.05, 0.1) is 20.9 Å². The highest BCUT2D eigenvalue weighted by Gasteiger charge is 2.27. The van der Waals surface area contributed by atoms with Crippen molar-refractivity contribution in [3.8, 4) is 11.1 Å². The van der Waals surface area contributed by atoms with Gasteiger partial charge in [0.15, 0.2) is 19.7 Å². The van der Waals surface area contributed by atoms with E-state index in [2.05, 4.69) is 4.98 Å². The molecule has 10 heteroatoms. The average molecular weight is 600 g/mol. The van der Waals surface area contributed by atoms with Gasteiger partial charge in [0.1, 0.15) is 9.84 Å². The highest BCUT2D eigenvalue weighted by molar-refractivity contribution is 7.91. The van der Waals surface area contributed by atoms with E-state index in [1.807, 2.05) is 48.5 Å². The van der Waals surface area contributed by atoms with E-state index in [4.69, 9.17) is 0 Å². The van der Waals surface area contributed by atoms with Gasteiger partial charge in [0.25, 0.3) is 0 Å². The molecule has 0 amide bonds. The maximum Gasteiger partial charge on any atom is 0.175 e. The molecule has 0 N–H and O–H groups in total. The Kier molecular flexibility index (Phi) is 8.54. The first kappa shape index (κ1) is 29.9. The Morgan fingerprint density at radius 1 is 0.775 bits per heavy atom. The van der Waals surface area contributed by atoms with Crippen molar-refractivity contribution >= 4 is 40.4 Å². The minimum atomic E-state index is -3.52. The summed E-state index contributed by atoms with van der Waals surface area (Å²) < 4.78 is 74.3. The Labute approximate surface area is 237 Å². The maximum atomic E-state index is 13.2. The van der Waals surface area contributed by atoms with Gasteiger partial charge in [-0.05, 0) is 72.4 Å². The van der Waals surface area contributed by atoms with Gasteiger partial charge >= 0.3 is 0 Å². The summed E-state index contributed by atoms with van der Waals surface area (Å²) in [7, 11) is -10.1. The van der Waals surface area contributed by atoms with Gasteiger partial charge in [-0.1, -0.05) is 49.4 Å². The van der Waals surface area contributed by atoms with Gasteiger partial charge in [-0.3, -0.25) is 4.98 Å². The predicted octanol–water partition coefficient (Wildman–Crippen LogP) is 5.00. The van der Waals surface area contributed by atoms with Crippen molar-refractivity contribution in [3.63, 3.8) is 0 Å². The van der Waals surface area contributed by atoms with Crippen LogP contribution in [0, 0.1) is 0 Å². The van der Waals surface area contributed by atoms with Gasteiger partial charge in [-0.25, -0.2) is 25.3 Å². The molecule has 0 aliphatic carbocycles. The van der Waals surface area contributed by atoms with Gasteiger partial charge in [0.2, 0.25) is 0 Å². The summed E-state index contributed by atoms with van der Waals surface area (Å²) in [6, 6.07) is 21.3. The number of nitrogens with zero attached hydrogens (tertiary/aromatic N) is 1. The number of fused-ring (bicyclic) bond motifs is 1. The molecule has 0 aliphatic heterocycles. The first-order chi connectivity index (χ1) is 18.7. The molecule has 2 atom stereocenters. The van der Waals surface area contributed by atoms with E-state index in [0.717, 1.165) is 39.4 Å². The van der Waals surface area contributed by atoms with Crippen LogP contribution in [0.2, 0.25) is 0 Å². The zero-order valence-corrected chi connectivity index (χ0v) is 25.4. The fourth-order valence-corrected chi connectivity index (χ4v) is 7.28. The van der Waals surface area contributed by atoms with Crippen LogP contribution in [-0.2, 0) is 42.4 Å². The fourth-order valence-electron chi connectivity index (χ4n) is 4.74. The monoisotopic (exact) mass is 599 g/mol. The summed E-state index contributed by atoms with van der Waals surface area (Å²) in [6.07, 6.45) is 4.62. The molecule has 1 aromatic heterocycles. The summed E-state index contributed by atoms with van der Waals surface area (Å²) in [4.78, 5) is 4.72. The number of rotatable bonds is 10. The van der Waals surface area contributed by atoms with E-state index in [0.29, 0.717) is 12.0 Å². The molecule has 1 heterocycles. The second-order valence-corrected chi connectivity index (χ2v) is 17.2. The molecular formula is C30H33NO6S3. The molecule has 2 unspecified atom stereocenters. The van der Waals surface area contributed by atoms with Gasteiger partial charge in [-0.15, -0.1) is 0 Å². The van der Waals surface area contributed by atoms with Gasteiger partial charge in [0, 0.05) is 35.4 Å². The average Bonchev–Trinajstić information content (AvgIpc) is 2.90. The summed E-state index contributed by atoms with van der Waals surface area (Å²) in [5.74, 6) is -0.0552. The van der Waals surface area contributed by atoms with Crippen molar-refractivity contribution in [2.45, 2.75) is 42.1 Å². The van der Waals surface area contributed by atoms with E-state index < -0.39 is 40.0 Å². The van der Waals surface area contributed by atoms with Crippen molar-refractivity contribution in [2.24, 2.45) is 0 Å². The number of benzene rings is 3. The van der Waals surface area contributed by atoms with Crippen LogP contribution in [-0.4, -0.2) is 53.8 Å². The lowest BCUT2D eigenvalue weighted by Crippen LogP contribution is -2.18. The van der Waals surface area contributed by atoms with Crippen LogP contribution >= 0.6 is 0 Å². The van der Waals surface area contributed by atoms with Crippen LogP contribution in [0.5, 0.6) is 0 Å². The van der Waals surface area contributed by atoms with Crippen LogP contribution in [0.4, 0.5) is 0 Å². The lowest BCUT2D eigenvalue weighted by molar-refractivity contribution is 0.582. The molecule has 0 saturated carbocycles. The Hall–Kier alpha value is -3.08. The van der Waals surface area contributed by atoms with Crippen LogP contribution in [0.3, 0.4) is 0 Å². The quantitative estimate of drug-likeness (QED) is 0.252. The highest BCUT2D eigenvalue weighted by atomic mass is 32.2. The molecule has 3 aromatic carbocycles. The predicted molar refractivity (Wildman–Crippen MR) is 161 cm³/mol. The van der Waals surface area contributed by atoms with Crippen LogP contribution in [0.1, 0.15) is 35.8 Å². The lowest BCUT2D eigenvalue weighted by atomic mass is 9.94. The van der Waals surface area contributed by atoms with E-state index in [-0.39, 0.29) is 17.1 Å². The van der Waals surface area contributed by atoms with E-state index in [1.54, 1.807) is 32.2 Å². The molecule has 0 radical (unpaired) electrons. The number of hydrogen-bond acceptors (Lipinski definition) is 7. The van der Waals surface area contributed by atoms with Crippen molar-refractivity contribution in [1.29, 1.82) is 0 Å². The molecule has 212 valence electrons. The molecular weight excluding hydrogens is 567 g/mol. The first-order valence-corrected chi connectivity index (χ1v) is 18.4. The molecule has 4 rings (SSSR count). The van der Waals surface area contributed by atoms with E-state index in [9.17, 15) is 25.3 Å². The zero-order valence-electron chi connectivity index (χ0n) is 22.9. The van der Waals surface area contributed by atoms with Crippen molar-refractivity contribution in [2.75, 3.05) is 18.3 Å². The normalized spacial score (nSPS) is 14.2. The third-order valence-corrected chi connectivity index (χ3v) is 12.1. The number of sulfone groups is 3. The Morgan fingerprint density at radius 2 is 1.48 bits per heavy atom.